The molecule has 2 N–H and O–H groups in total. The number of rotatable bonds is 3. The Morgan fingerprint density at radius 1 is 1.14 bits per heavy atom. The Hall–Kier alpha value is -1.22. The highest BCUT2D eigenvalue weighted by molar-refractivity contribution is 6.30. The number of amides is 2. The Kier molecular flexibility index (Phi) is 3.56. The molecular formula is C18H23ClN2O. The summed E-state index contributed by atoms with van der Waals surface area (Å²) >= 11 is 5.98. The van der Waals surface area contributed by atoms with Crippen LogP contribution in [0.4, 0.5) is 4.79 Å². The van der Waals surface area contributed by atoms with Crippen molar-refractivity contribution in [2.75, 3.05) is 0 Å². The number of halogens is 1. The SMILES string of the molecule is O=C(NCc1cccc(Cl)c1)NC12CC3CC(CC(C3)C1)C2. The van der Waals surface area contributed by atoms with E-state index in [1.165, 1.54) is 38.5 Å². The van der Waals surface area contributed by atoms with E-state index >= 15 is 0 Å². The molecule has 5 rings (SSSR count). The Balaban J connectivity index is 1.36. The van der Waals surface area contributed by atoms with E-state index in [4.69, 9.17) is 11.6 Å². The van der Waals surface area contributed by atoms with Gasteiger partial charge in [-0.1, -0.05) is 23.7 Å². The van der Waals surface area contributed by atoms with Crippen LogP contribution in [0.25, 0.3) is 0 Å². The first-order valence-electron chi connectivity index (χ1n) is 8.41. The summed E-state index contributed by atoms with van der Waals surface area (Å²) in [7, 11) is 0. The van der Waals surface area contributed by atoms with Crippen molar-refractivity contribution in [2.45, 2.75) is 50.6 Å². The third-order valence-corrected chi connectivity index (χ3v) is 5.99. The van der Waals surface area contributed by atoms with Gasteiger partial charge in [-0.3, -0.25) is 0 Å². The molecule has 4 heteroatoms. The van der Waals surface area contributed by atoms with Crippen LogP contribution < -0.4 is 10.6 Å². The van der Waals surface area contributed by atoms with E-state index in [-0.39, 0.29) is 11.6 Å². The van der Waals surface area contributed by atoms with E-state index < -0.39 is 0 Å². The molecule has 0 heterocycles. The fourth-order valence-electron chi connectivity index (χ4n) is 5.38. The summed E-state index contributed by atoms with van der Waals surface area (Å²) in [4.78, 5) is 12.3. The van der Waals surface area contributed by atoms with Crippen molar-refractivity contribution in [1.82, 2.24) is 10.6 Å². The van der Waals surface area contributed by atoms with Gasteiger partial charge >= 0.3 is 6.03 Å². The zero-order valence-electron chi connectivity index (χ0n) is 12.8. The van der Waals surface area contributed by atoms with E-state index in [2.05, 4.69) is 10.6 Å². The highest BCUT2D eigenvalue weighted by atomic mass is 35.5. The van der Waals surface area contributed by atoms with Crippen LogP contribution in [-0.4, -0.2) is 11.6 Å². The summed E-state index contributed by atoms with van der Waals surface area (Å²) in [6.07, 6.45) is 7.73. The van der Waals surface area contributed by atoms with Crippen LogP contribution in [0.15, 0.2) is 24.3 Å². The van der Waals surface area contributed by atoms with E-state index in [0.29, 0.717) is 11.6 Å². The number of carbonyl (C=O) groups is 1. The maximum atomic E-state index is 12.3. The van der Waals surface area contributed by atoms with E-state index in [0.717, 1.165) is 23.3 Å². The van der Waals surface area contributed by atoms with Crippen molar-refractivity contribution in [3.8, 4) is 0 Å². The fraction of sp³-hybridized carbons (Fsp3) is 0.611. The molecule has 4 fully saturated rings. The maximum Gasteiger partial charge on any atom is 0.315 e. The monoisotopic (exact) mass is 318 g/mol. The molecule has 4 bridgehead atoms. The molecule has 2 amide bonds. The standard InChI is InChI=1S/C18H23ClN2O/c19-16-3-1-2-12(7-16)11-20-17(22)21-18-8-13-4-14(9-18)6-15(5-13)10-18/h1-3,7,13-15H,4-6,8-11H2,(H2,20,21,22). The molecule has 0 saturated heterocycles. The molecule has 22 heavy (non-hydrogen) atoms. The molecule has 0 spiro atoms. The maximum absolute atomic E-state index is 12.3. The molecule has 0 unspecified atom stereocenters. The molecule has 1 aromatic carbocycles. The molecule has 4 aliphatic carbocycles. The van der Waals surface area contributed by atoms with E-state index in [9.17, 15) is 4.79 Å². The fourth-order valence-corrected chi connectivity index (χ4v) is 5.59. The lowest BCUT2D eigenvalue weighted by atomic mass is 9.53. The highest BCUT2D eigenvalue weighted by Gasteiger charge is 2.51. The molecule has 0 aliphatic heterocycles. The Bertz CT molecular complexity index is 551. The molecular weight excluding hydrogens is 296 g/mol. The van der Waals surface area contributed by atoms with Gasteiger partial charge in [0, 0.05) is 17.1 Å². The van der Waals surface area contributed by atoms with Crippen molar-refractivity contribution in [3.63, 3.8) is 0 Å². The quantitative estimate of drug-likeness (QED) is 0.865. The minimum atomic E-state index is -0.0260. The third-order valence-electron chi connectivity index (χ3n) is 5.76. The van der Waals surface area contributed by atoms with Gasteiger partial charge in [0.15, 0.2) is 0 Å². The Labute approximate surface area is 136 Å². The van der Waals surface area contributed by atoms with Crippen LogP contribution in [0.5, 0.6) is 0 Å². The molecule has 0 radical (unpaired) electrons. The largest absolute Gasteiger partial charge is 0.334 e. The van der Waals surface area contributed by atoms with Crippen molar-refractivity contribution in [3.05, 3.63) is 34.9 Å². The van der Waals surface area contributed by atoms with Crippen molar-refractivity contribution < 1.29 is 4.79 Å². The van der Waals surface area contributed by atoms with Crippen LogP contribution in [0, 0.1) is 17.8 Å². The summed E-state index contributed by atoms with van der Waals surface area (Å²) in [5.74, 6) is 2.54. The van der Waals surface area contributed by atoms with Gasteiger partial charge in [-0.15, -0.1) is 0 Å². The number of hydrogen-bond donors (Lipinski definition) is 2. The lowest BCUT2D eigenvalue weighted by Crippen LogP contribution is -2.61. The highest BCUT2D eigenvalue weighted by Crippen LogP contribution is 2.55. The summed E-state index contributed by atoms with van der Waals surface area (Å²) in [6.45, 7) is 0.527. The lowest BCUT2D eigenvalue weighted by Gasteiger charge is -2.56. The van der Waals surface area contributed by atoms with Gasteiger partial charge in [-0.2, -0.15) is 0 Å². The molecule has 4 saturated carbocycles. The van der Waals surface area contributed by atoms with E-state index in [1.807, 2.05) is 24.3 Å². The molecule has 0 aromatic heterocycles. The second-order valence-corrected chi connectivity index (χ2v) is 8.07. The van der Waals surface area contributed by atoms with Crippen LogP contribution in [0.3, 0.4) is 0 Å². The average Bonchev–Trinajstić information content (AvgIpc) is 2.43. The number of benzene rings is 1. The normalized spacial score (nSPS) is 35.4. The first-order chi connectivity index (χ1) is 10.6. The molecule has 1 aromatic rings. The predicted octanol–water partition coefficient (Wildman–Crippen LogP) is 4.11. The second-order valence-electron chi connectivity index (χ2n) is 7.64. The number of carbonyl (C=O) groups excluding carboxylic acids is 1. The molecule has 4 aliphatic rings. The second kappa shape index (κ2) is 5.45. The van der Waals surface area contributed by atoms with Gasteiger partial charge in [-0.05, 0) is 74.0 Å². The number of hydrogen-bond acceptors (Lipinski definition) is 1. The first kappa shape index (κ1) is 14.4. The topological polar surface area (TPSA) is 41.1 Å². The van der Waals surface area contributed by atoms with Crippen molar-refractivity contribution >= 4 is 17.6 Å². The summed E-state index contributed by atoms with van der Waals surface area (Å²) in [6, 6.07) is 7.61. The average molecular weight is 319 g/mol. The van der Waals surface area contributed by atoms with Crippen molar-refractivity contribution in [2.24, 2.45) is 17.8 Å². The minimum absolute atomic E-state index is 0.0260. The Morgan fingerprint density at radius 3 is 2.36 bits per heavy atom. The van der Waals surface area contributed by atoms with E-state index in [1.54, 1.807) is 0 Å². The molecule has 3 nitrogen and oxygen atoms in total. The third kappa shape index (κ3) is 2.83. The van der Waals surface area contributed by atoms with Gasteiger partial charge in [0.1, 0.15) is 0 Å². The smallest absolute Gasteiger partial charge is 0.315 e. The molecule has 118 valence electrons. The Morgan fingerprint density at radius 2 is 1.77 bits per heavy atom. The van der Waals surface area contributed by atoms with Crippen LogP contribution in [0.2, 0.25) is 5.02 Å². The summed E-state index contributed by atoms with van der Waals surface area (Å²) in [5.41, 5.74) is 1.11. The van der Waals surface area contributed by atoms with Gasteiger partial charge in [0.05, 0.1) is 0 Å². The van der Waals surface area contributed by atoms with Crippen LogP contribution in [-0.2, 0) is 6.54 Å². The predicted molar refractivity (Wildman–Crippen MR) is 87.7 cm³/mol. The first-order valence-corrected chi connectivity index (χ1v) is 8.78. The number of urea groups is 1. The van der Waals surface area contributed by atoms with Crippen LogP contribution in [0.1, 0.15) is 44.1 Å². The van der Waals surface area contributed by atoms with Gasteiger partial charge in [0.25, 0.3) is 0 Å². The van der Waals surface area contributed by atoms with Crippen molar-refractivity contribution in [1.29, 1.82) is 0 Å². The van der Waals surface area contributed by atoms with Gasteiger partial charge < -0.3 is 10.6 Å². The zero-order valence-corrected chi connectivity index (χ0v) is 13.5. The minimum Gasteiger partial charge on any atom is -0.334 e. The van der Waals surface area contributed by atoms with Gasteiger partial charge in [-0.25, -0.2) is 4.79 Å². The van der Waals surface area contributed by atoms with Gasteiger partial charge in [0.2, 0.25) is 0 Å². The number of nitrogens with one attached hydrogen (secondary N) is 2. The lowest BCUT2D eigenvalue weighted by molar-refractivity contribution is -0.0135. The zero-order chi connectivity index (χ0) is 15.2. The van der Waals surface area contributed by atoms with Crippen LogP contribution >= 0.6 is 11.6 Å². The molecule has 0 atom stereocenters. The summed E-state index contributed by atoms with van der Waals surface area (Å²) in [5, 5.41) is 7.03. The summed E-state index contributed by atoms with van der Waals surface area (Å²) < 4.78 is 0.